The molecule has 0 spiro atoms. The lowest BCUT2D eigenvalue weighted by Gasteiger charge is -2.10. The van der Waals surface area contributed by atoms with Crippen LogP contribution in [0.25, 0.3) is 11.3 Å². The normalized spacial score (nSPS) is 12.3. The van der Waals surface area contributed by atoms with Crippen LogP contribution in [0.4, 0.5) is 0 Å². The minimum absolute atomic E-state index is 0.286. The van der Waals surface area contributed by atoms with E-state index in [-0.39, 0.29) is 6.04 Å². The fourth-order valence-corrected chi connectivity index (χ4v) is 3.13. The molecule has 0 saturated heterocycles. The standard InChI is InChI=1S/C16H13ClN2S/c17-13-9-5-4-8-12(13)15(18)16-19-14(10-20-16)11-6-2-1-3-7-11/h1-10,15H,18H2. The van der Waals surface area contributed by atoms with Crippen LogP contribution in [0.1, 0.15) is 16.6 Å². The maximum Gasteiger partial charge on any atom is 0.115 e. The van der Waals surface area contributed by atoms with Crippen LogP contribution in [0.5, 0.6) is 0 Å². The highest BCUT2D eigenvalue weighted by molar-refractivity contribution is 7.10. The minimum atomic E-state index is -0.286. The quantitative estimate of drug-likeness (QED) is 0.773. The first kappa shape index (κ1) is 13.3. The van der Waals surface area contributed by atoms with E-state index in [0.717, 1.165) is 21.8 Å². The Morgan fingerprint density at radius 3 is 2.45 bits per heavy atom. The predicted octanol–water partition coefficient (Wildman–Crippen LogP) is 4.51. The van der Waals surface area contributed by atoms with Gasteiger partial charge in [-0.05, 0) is 11.6 Å². The Bertz CT molecular complexity index is 709. The van der Waals surface area contributed by atoms with Gasteiger partial charge in [-0.15, -0.1) is 11.3 Å². The molecule has 1 heterocycles. The molecule has 2 nitrogen and oxygen atoms in total. The van der Waals surface area contributed by atoms with Crippen molar-refractivity contribution >= 4 is 22.9 Å². The van der Waals surface area contributed by atoms with E-state index in [2.05, 4.69) is 4.98 Å². The first-order chi connectivity index (χ1) is 9.75. The molecule has 0 aliphatic carbocycles. The maximum absolute atomic E-state index is 6.27. The molecular weight excluding hydrogens is 288 g/mol. The summed E-state index contributed by atoms with van der Waals surface area (Å²) in [6.45, 7) is 0. The Balaban J connectivity index is 1.93. The molecule has 0 radical (unpaired) electrons. The molecule has 2 N–H and O–H groups in total. The van der Waals surface area contributed by atoms with Crippen molar-refractivity contribution < 1.29 is 0 Å². The summed E-state index contributed by atoms with van der Waals surface area (Å²) < 4.78 is 0. The molecule has 1 atom stereocenters. The molecule has 0 bridgehead atoms. The van der Waals surface area contributed by atoms with Crippen LogP contribution in [-0.2, 0) is 0 Å². The summed E-state index contributed by atoms with van der Waals surface area (Å²) in [5.74, 6) is 0. The van der Waals surface area contributed by atoms with Gasteiger partial charge in [0.25, 0.3) is 0 Å². The first-order valence-electron chi connectivity index (χ1n) is 6.26. The van der Waals surface area contributed by atoms with E-state index < -0.39 is 0 Å². The van der Waals surface area contributed by atoms with Gasteiger partial charge in [-0.25, -0.2) is 4.98 Å². The van der Waals surface area contributed by atoms with Gasteiger partial charge in [0, 0.05) is 16.0 Å². The van der Waals surface area contributed by atoms with Crippen molar-refractivity contribution in [3.8, 4) is 11.3 Å². The maximum atomic E-state index is 6.27. The third kappa shape index (κ3) is 2.61. The zero-order chi connectivity index (χ0) is 13.9. The van der Waals surface area contributed by atoms with Crippen molar-refractivity contribution in [1.82, 2.24) is 4.98 Å². The molecule has 0 aliphatic rings. The Morgan fingerprint density at radius 2 is 1.70 bits per heavy atom. The molecule has 0 aliphatic heterocycles. The Kier molecular flexibility index (Phi) is 3.83. The SMILES string of the molecule is NC(c1nc(-c2ccccc2)cs1)c1ccccc1Cl. The molecule has 2 aromatic carbocycles. The number of nitrogens with two attached hydrogens (primary N) is 1. The second kappa shape index (κ2) is 5.75. The molecule has 0 fully saturated rings. The van der Waals surface area contributed by atoms with E-state index in [1.165, 1.54) is 0 Å². The molecule has 1 aromatic heterocycles. The molecule has 20 heavy (non-hydrogen) atoms. The van der Waals surface area contributed by atoms with Crippen LogP contribution >= 0.6 is 22.9 Å². The molecule has 3 rings (SSSR count). The van der Waals surface area contributed by atoms with E-state index in [1.54, 1.807) is 11.3 Å². The summed E-state index contributed by atoms with van der Waals surface area (Å²) >= 11 is 7.75. The van der Waals surface area contributed by atoms with E-state index >= 15 is 0 Å². The molecule has 4 heteroatoms. The van der Waals surface area contributed by atoms with Crippen molar-refractivity contribution in [2.24, 2.45) is 5.73 Å². The molecule has 0 amide bonds. The molecule has 3 aromatic rings. The summed E-state index contributed by atoms with van der Waals surface area (Å²) in [5.41, 5.74) is 9.23. The van der Waals surface area contributed by atoms with Gasteiger partial charge >= 0.3 is 0 Å². The van der Waals surface area contributed by atoms with Crippen LogP contribution in [-0.4, -0.2) is 4.98 Å². The number of nitrogens with zero attached hydrogens (tertiary/aromatic N) is 1. The summed E-state index contributed by atoms with van der Waals surface area (Å²) in [6, 6.07) is 17.4. The smallest absolute Gasteiger partial charge is 0.115 e. The van der Waals surface area contributed by atoms with Gasteiger partial charge in [-0.1, -0.05) is 60.1 Å². The van der Waals surface area contributed by atoms with E-state index in [0.29, 0.717) is 5.02 Å². The number of benzene rings is 2. The van der Waals surface area contributed by atoms with Gasteiger partial charge in [0.15, 0.2) is 0 Å². The zero-order valence-electron chi connectivity index (χ0n) is 10.7. The van der Waals surface area contributed by atoms with Crippen molar-refractivity contribution in [3.05, 3.63) is 75.6 Å². The van der Waals surface area contributed by atoms with E-state index in [1.807, 2.05) is 60.0 Å². The Hall–Kier alpha value is -1.68. The zero-order valence-corrected chi connectivity index (χ0v) is 12.2. The number of rotatable bonds is 3. The van der Waals surface area contributed by atoms with Gasteiger partial charge in [-0.3, -0.25) is 0 Å². The molecular formula is C16H13ClN2S. The van der Waals surface area contributed by atoms with E-state index in [9.17, 15) is 0 Å². The third-order valence-electron chi connectivity index (χ3n) is 3.10. The van der Waals surface area contributed by atoms with Crippen molar-refractivity contribution in [1.29, 1.82) is 0 Å². The average molecular weight is 301 g/mol. The largest absolute Gasteiger partial charge is 0.318 e. The lowest BCUT2D eigenvalue weighted by Crippen LogP contribution is -2.11. The highest BCUT2D eigenvalue weighted by Gasteiger charge is 2.16. The van der Waals surface area contributed by atoms with Crippen molar-refractivity contribution in [3.63, 3.8) is 0 Å². The number of aromatic nitrogens is 1. The van der Waals surface area contributed by atoms with E-state index in [4.69, 9.17) is 17.3 Å². The summed E-state index contributed by atoms with van der Waals surface area (Å²) in [4.78, 5) is 4.63. The van der Waals surface area contributed by atoms with Crippen molar-refractivity contribution in [2.75, 3.05) is 0 Å². The minimum Gasteiger partial charge on any atom is -0.318 e. The summed E-state index contributed by atoms with van der Waals surface area (Å²) in [6.07, 6.45) is 0. The highest BCUT2D eigenvalue weighted by atomic mass is 35.5. The van der Waals surface area contributed by atoms with Gasteiger partial charge in [0.2, 0.25) is 0 Å². The summed E-state index contributed by atoms with van der Waals surface area (Å²) in [7, 11) is 0. The van der Waals surface area contributed by atoms with Gasteiger partial charge in [-0.2, -0.15) is 0 Å². The molecule has 1 unspecified atom stereocenters. The van der Waals surface area contributed by atoms with Gasteiger partial charge in [0.1, 0.15) is 5.01 Å². The Morgan fingerprint density at radius 1 is 1.00 bits per heavy atom. The summed E-state index contributed by atoms with van der Waals surface area (Å²) in [5, 5.41) is 3.58. The van der Waals surface area contributed by atoms with Gasteiger partial charge < -0.3 is 5.73 Å². The Labute approximate surface area is 126 Å². The lowest BCUT2D eigenvalue weighted by molar-refractivity contribution is 0.859. The fourth-order valence-electron chi connectivity index (χ4n) is 2.03. The predicted molar refractivity (Wildman–Crippen MR) is 85.0 cm³/mol. The number of hydrogen-bond acceptors (Lipinski definition) is 3. The fraction of sp³-hybridized carbons (Fsp3) is 0.0625. The van der Waals surface area contributed by atoms with Crippen LogP contribution in [0.15, 0.2) is 60.0 Å². The third-order valence-corrected chi connectivity index (χ3v) is 4.37. The lowest BCUT2D eigenvalue weighted by atomic mass is 10.1. The second-order valence-electron chi connectivity index (χ2n) is 4.44. The number of halogens is 1. The highest BCUT2D eigenvalue weighted by Crippen LogP contribution is 2.30. The van der Waals surface area contributed by atoms with Crippen molar-refractivity contribution in [2.45, 2.75) is 6.04 Å². The van der Waals surface area contributed by atoms with Crippen LogP contribution < -0.4 is 5.73 Å². The molecule has 100 valence electrons. The van der Waals surface area contributed by atoms with Gasteiger partial charge in [0.05, 0.1) is 11.7 Å². The number of thiazole rings is 1. The van der Waals surface area contributed by atoms with Crippen LogP contribution in [0, 0.1) is 0 Å². The number of hydrogen-bond donors (Lipinski definition) is 1. The van der Waals surface area contributed by atoms with Crippen LogP contribution in [0.2, 0.25) is 5.02 Å². The second-order valence-corrected chi connectivity index (χ2v) is 5.73. The monoisotopic (exact) mass is 300 g/mol. The topological polar surface area (TPSA) is 38.9 Å². The van der Waals surface area contributed by atoms with Crippen LogP contribution in [0.3, 0.4) is 0 Å². The average Bonchev–Trinajstić information content (AvgIpc) is 2.98. The first-order valence-corrected chi connectivity index (χ1v) is 7.52. The molecule has 0 saturated carbocycles.